The maximum atomic E-state index is 5.13. The summed E-state index contributed by atoms with van der Waals surface area (Å²) in [7, 11) is 0. The average molecular weight is 169 g/mol. The fraction of sp³-hybridized carbons (Fsp3) is 0.250. The maximum absolute atomic E-state index is 5.13. The molecule has 0 bridgehead atoms. The standard InChI is InChI=1S/C8H10O.Ti/c1-6-4-3-5-8(9)7(6)2;/h3-5,9H,1-2H3;/q;+1/p-1. The van der Waals surface area contributed by atoms with E-state index in [2.05, 4.69) is 19.9 Å². The molecular weight excluding hydrogens is 160 g/mol. The molecule has 1 rings (SSSR count). The second-order valence-corrected chi connectivity index (χ2v) is 2.62. The van der Waals surface area contributed by atoms with Crippen LogP contribution in [0.1, 0.15) is 11.1 Å². The molecule has 0 amide bonds. The van der Waals surface area contributed by atoms with E-state index in [1.54, 1.807) is 20.8 Å². The summed E-state index contributed by atoms with van der Waals surface area (Å²) < 4.78 is 5.13. The van der Waals surface area contributed by atoms with Gasteiger partial charge in [-0.1, -0.05) is 0 Å². The van der Waals surface area contributed by atoms with Crippen LogP contribution in [-0.2, 0) is 20.8 Å². The van der Waals surface area contributed by atoms with E-state index in [0.29, 0.717) is 0 Å². The minimum absolute atomic E-state index is 0.972. The Labute approximate surface area is 73.3 Å². The molecule has 1 nitrogen and oxygen atoms in total. The van der Waals surface area contributed by atoms with E-state index in [9.17, 15) is 0 Å². The molecule has 0 heterocycles. The summed E-state index contributed by atoms with van der Waals surface area (Å²) in [5, 5.41) is 0. The van der Waals surface area contributed by atoms with E-state index >= 15 is 0 Å². The van der Waals surface area contributed by atoms with Crippen LogP contribution in [0.15, 0.2) is 18.2 Å². The topological polar surface area (TPSA) is 9.23 Å². The number of hydrogen-bond acceptors (Lipinski definition) is 1. The van der Waals surface area contributed by atoms with Crippen LogP contribution in [0.5, 0.6) is 5.75 Å². The van der Waals surface area contributed by atoms with Gasteiger partial charge >= 0.3 is 73.1 Å². The molecule has 0 saturated carbocycles. The second kappa shape index (κ2) is 3.22. The summed E-state index contributed by atoms with van der Waals surface area (Å²) in [5.41, 5.74) is 2.50. The molecule has 1 aromatic rings. The molecule has 1 aromatic carbocycles. The molecule has 0 radical (unpaired) electrons. The van der Waals surface area contributed by atoms with Crippen molar-refractivity contribution >= 4 is 0 Å². The van der Waals surface area contributed by atoms with Gasteiger partial charge in [0.2, 0.25) is 0 Å². The Balaban J connectivity index is 3.14. The zero-order valence-electron chi connectivity index (χ0n) is 6.14. The Morgan fingerprint density at radius 1 is 1.30 bits per heavy atom. The molecule has 0 atom stereocenters. The van der Waals surface area contributed by atoms with E-state index in [1.165, 1.54) is 11.1 Å². The van der Waals surface area contributed by atoms with E-state index < -0.39 is 0 Å². The van der Waals surface area contributed by atoms with Crippen molar-refractivity contribution in [2.45, 2.75) is 13.8 Å². The molecule has 0 aromatic heterocycles. The van der Waals surface area contributed by atoms with Gasteiger partial charge in [-0.3, -0.25) is 0 Å². The Morgan fingerprint density at radius 3 is 2.50 bits per heavy atom. The van der Waals surface area contributed by atoms with Gasteiger partial charge in [0, 0.05) is 0 Å². The van der Waals surface area contributed by atoms with Crippen LogP contribution in [0.3, 0.4) is 0 Å². The van der Waals surface area contributed by atoms with Gasteiger partial charge in [0.15, 0.2) is 0 Å². The quantitative estimate of drug-likeness (QED) is 0.585. The number of aryl methyl sites for hydroxylation is 1. The predicted molar refractivity (Wildman–Crippen MR) is 36.5 cm³/mol. The molecule has 0 aliphatic carbocycles. The molecule has 0 N–H and O–H groups in total. The summed E-state index contributed by atoms with van der Waals surface area (Å²) in [6.45, 7) is 4.14. The van der Waals surface area contributed by atoms with E-state index in [1.807, 2.05) is 12.1 Å². The molecule has 0 fully saturated rings. The first kappa shape index (κ1) is 7.84. The number of benzene rings is 1. The van der Waals surface area contributed by atoms with Crippen LogP contribution in [0.2, 0.25) is 0 Å². The van der Waals surface area contributed by atoms with Crippen LogP contribution in [0.4, 0.5) is 0 Å². The summed E-state index contributed by atoms with van der Waals surface area (Å²) in [5.74, 6) is 0.972. The Bertz CT molecular complexity index is 233. The van der Waals surface area contributed by atoms with Crippen molar-refractivity contribution in [1.29, 1.82) is 0 Å². The molecule has 0 aliphatic rings. The molecule has 2 heteroatoms. The van der Waals surface area contributed by atoms with Gasteiger partial charge in [-0.25, -0.2) is 0 Å². The molecule has 51 valence electrons. The normalized spacial score (nSPS) is 9.30. The molecular formula is C8H9OTi. The zero-order valence-corrected chi connectivity index (χ0v) is 7.70. The van der Waals surface area contributed by atoms with E-state index in [4.69, 9.17) is 3.32 Å². The monoisotopic (exact) mass is 169 g/mol. The van der Waals surface area contributed by atoms with Gasteiger partial charge in [-0.15, -0.1) is 0 Å². The Kier molecular flexibility index (Phi) is 2.53. The van der Waals surface area contributed by atoms with Gasteiger partial charge in [-0.2, -0.15) is 0 Å². The van der Waals surface area contributed by atoms with Crippen LogP contribution >= 0.6 is 0 Å². The Hall–Kier alpha value is -0.266. The van der Waals surface area contributed by atoms with E-state index in [0.717, 1.165) is 5.75 Å². The van der Waals surface area contributed by atoms with Gasteiger partial charge < -0.3 is 0 Å². The first-order valence-corrected chi connectivity index (χ1v) is 3.79. The summed E-state index contributed by atoms with van der Waals surface area (Å²) in [6, 6.07) is 6.06. The molecule has 0 spiro atoms. The molecule has 0 saturated heterocycles. The molecule has 0 unspecified atom stereocenters. The second-order valence-electron chi connectivity index (χ2n) is 2.30. The Morgan fingerprint density at radius 2 is 2.00 bits per heavy atom. The number of hydrogen-bond donors (Lipinski definition) is 0. The van der Waals surface area contributed by atoms with Crippen LogP contribution in [0.25, 0.3) is 0 Å². The number of rotatable bonds is 1. The van der Waals surface area contributed by atoms with Gasteiger partial charge in [0.25, 0.3) is 0 Å². The SMILES string of the molecule is Cc1cccc([O][Ti])c1C. The average Bonchev–Trinajstić information content (AvgIpc) is 1.95. The fourth-order valence-corrected chi connectivity index (χ4v) is 1.18. The molecule has 0 aliphatic heterocycles. The van der Waals surface area contributed by atoms with Gasteiger partial charge in [-0.05, 0) is 0 Å². The summed E-state index contributed by atoms with van der Waals surface area (Å²) in [4.78, 5) is 0. The summed E-state index contributed by atoms with van der Waals surface area (Å²) >= 11 is 1.70. The predicted octanol–water partition coefficient (Wildman–Crippen LogP) is 2.14. The van der Waals surface area contributed by atoms with Crippen molar-refractivity contribution in [3.05, 3.63) is 29.3 Å². The first-order chi connectivity index (χ1) is 4.75. The zero-order chi connectivity index (χ0) is 7.56. The minimum atomic E-state index is 0.972. The fourth-order valence-electron chi connectivity index (χ4n) is 0.835. The third kappa shape index (κ3) is 1.42. The van der Waals surface area contributed by atoms with Gasteiger partial charge in [0.1, 0.15) is 0 Å². The van der Waals surface area contributed by atoms with Crippen molar-refractivity contribution in [3.63, 3.8) is 0 Å². The third-order valence-electron chi connectivity index (χ3n) is 1.66. The van der Waals surface area contributed by atoms with Gasteiger partial charge in [0.05, 0.1) is 0 Å². The van der Waals surface area contributed by atoms with Crippen LogP contribution < -0.4 is 3.32 Å². The van der Waals surface area contributed by atoms with Crippen molar-refractivity contribution in [3.8, 4) is 5.75 Å². The first-order valence-electron chi connectivity index (χ1n) is 3.15. The van der Waals surface area contributed by atoms with Crippen molar-refractivity contribution in [1.82, 2.24) is 0 Å². The van der Waals surface area contributed by atoms with Crippen molar-refractivity contribution < 1.29 is 24.1 Å². The summed E-state index contributed by atoms with van der Waals surface area (Å²) in [6.07, 6.45) is 0. The van der Waals surface area contributed by atoms with E-state index in [-0.39, 0.29) is 0 Å². The van der Waals surface area contributed by atoms with Crippen molar-refractivity contribution in [2.24, 2.45) is 0 Å². The van der Waals surface area contributed by atoms with Crippen LogP contribution in [0, 0.1) is 13.8 Å². The third-order valence-corrected chi connectivity index (χ3v) is 2.01. The van der Waals surface area contributed by atoms with Crippen LogP contribution in [-0.4, -0.2) is 0 Å². The van der Waals surface area contributed by atoms with Crippen molar-refractivity contribution in [2.75, 3.05) is 0 Å². The molecule has 10 heavy (non-hydrogen) atoms.